The summed E-state index contributed by atoms with van der Waals surface area (Å²) in [6, 6.07) is 5.19. The first-order valence-corrected chi connectivity index (χ1v) is 6.16. The molecule has 0 radical (unpaired) electrons. The molecular weight excluding hydrogens is 282 g/mol. The van der Waals surface area contributed by atoms with Crippen molar-refractivity contribution in [3.8, 4) is 0 Å². The number of benzene rings is 1. The van der Waals surface area contributed by atoms with Crippen LogP contribution in [-0.4, -0.2) is 24.2 Å². The van der Waals surface area contributed by atoms with Crippen LogP contribution in [0.4, 0.5) is 5.69 Å². The Bertz CT molecular complexity index is 443. The normalized spacial score (nSPS) is 10.1. The Labute approximate surface area is 110 Å². The molecular formula is C13H16BrNO2. The lowest BCUT2D eigenvalue weighted by Gasteiger charge is -2.23. The lowest BCUT2D eigenvalue weighted by Crippen LogP contribution is -2.24. The second kappa shape index (κ2) is 5.87. The zero-order valence-corrected chi connectivity index (χ0v) is 11.6. The van der Waals surface area contributed by atoms with E-state index in [0.717, 1.165) is 28.8 Å². The highest BCUT2D eigenvalue weighted by Gasteiger charge is 2.10. The number of carboxylic acids is 1. The molecule has 0 aliphatic heterocycles. The van der Waals surface area contributed by atoms with Crippen LogP contribution in [0, 0.1) is 0 Å². The molecule has 3 nitrogen and oxygen atoms in total. The zero-order valence-electron chi connectivity index (χ0n) is 10.0. The van der Waals surface area contributed by atoms with Gasteiger partial charge >= 0.3 is 5.97 Å². The molecule has 0 amide bonds. The SMILES string of the molecule is C=C(C)CN(CC)c1cc(Br)cc(C(=O)O)c1. The molecule has 0 unspecified atom stereocenters. The van der Waals surface area contributed by atoms with Crippen molar-refractivity contribution in [2.45, 2.75) is 13.8 Å². The van der Waals surface area contributed by atoms with Crippen molar-refractivity contribution < 1.29 is 9.90 Å². The van der Waals surface area contributed by atoms with Gasteiger partial charge in [-0.15, -0.1) is 0 Å². The molecule has 92 valence electrons. The summed E-state index contributed by atoms with van der Waals surface area (Å²) in [4.78, 5) is 13.1. The van der Waals surface area contributed by atoms with Crippen LogP contribution >= 0.6 is 15.9 Å². The fourth-order valence-electron chi connectivity index (χ4n) is 1.59. The Balaban J connectivity index is 3.10. The van der Waals surface area contributed by atoms with E-state index < -0.39 is 5.97 Å². The maximum atomic E-state index is 11.0. The minimum absolute atomic E-state index is 0.287. The van der Waals surface area contributed by atoms with Crippen LogP contribution in [0.15, 0.2) is 34.8 Å². The summed E-state index contributed by atoms with van der Waals surface area (Å²) in [5, 5.41) is 9.01. The average molecular weight is 298 g/mol. The van der Waals surface area contributed by atoms with Crippen LogP contribution in [0.3, 0.4) is 0 Å². The van der Waals surface area contributed by atoms with E-state index in [-0.39, 0.29) is 5.56 Å². The summed E-state index contributed by atoms with van der Waals surface area (Å²) in [5.74, 6) is -0.918. The molecule has 0 fully saturated rings. The highest BCUT2D eigenvalue weighted by molar-refractivity contribution is 9.10. The Morgan fingerprint density at radius 2 is 2.12 bits per heavy atom. The van der Waals surface area contributed by atoms with E-state index in [1.54, 1.807) is 12.1 Å². The monoisotopic (exact) mass is 297 g/mol. The molecule has 0 spiro atoms. The maximum absolute atomic E-state index is 11.0. The van der Waals surface area contributed by atoms with Gasteiger partial charge in [0.25, 0.3) is 0 Å². The molecule has 17 heavy (non-hydrogen) atoms. The predicted molar refractivity (Wildman–Crippen MR) is 73.8 cm³/mol. The van der Waals surface area contributed by atoms with Crippen molar-refractivity contribution >= 4 is 27.6 Å². The van der Waals surface area contributed by atoms with Gasteiger partial charge in [0.2, 0.25) is 0 Å². The second-order valence-corrected chi connectivity index (χ2v) is 4.89. The molecule has 0 aliphatic carbocycles. The first-order valence-electron chi connectivity index (χ1n) is 5.37. The Morgan fingerprint density at radius 3 is 2.59 bits per heavy atom. The minimum atomic E-state index is -0.918. The zero-order chi connectivity index (χ0) is 13.0. The summed E-state index contributed by atoms with van der Waals surface area (Å²) in [5.41, 5.74) is 2.22. The van der Waals surface area contributed by atoms with Gasteiger partial charge in [0.1, 0.15) is 0 Å². The van der Waals surface area contributed by atoms with Crippen molar-refractivity contribution in [3.05, 3.63) is 40.4 Å². The Kier molecular flexibility index (Phi) is 4.75. The first-order chi connectivity index (χ1) is 7.93. The van der Waals surface area contributed by atoms with Crippen LogP contribution in [0.1, 0.15) is 24.2 Å². The third kappa shape index (κ3) is 3.89. The van der Waals surface area contributed by atoms with Crippen molar-refractivity contribution in [1.82, 2.24) is 0 Å². The van der Waals surface area contributed by atoms with Gasteiger partial charge in [0.15, 0.2) is 0 Å². The van der Waals surface area contributed by atoms with Gasteiger partial charge in [-0.1, -0.05) is 28.1 Å². The number of nitrogens with zero attached hydrogens (tertiary/aromatic N) is 1. The van der Waals surface area contributed by atoms with Gasteiger partial charge in [-0.2, -0.15) is 0 Å². The molecule has 1 rings (SSSR count). The number of aromatic carboxylic acids is 1. The molecule has 1 aromatic carbocycles. The Morgan fingerprint density at radius 1 is 1.47 bits per heavy atom. The summed E-state index contributed by atoms with van der Waals surface area (Å²) in [6.45, 7) is 9.40. The van der Waals surface area contributed by atoms with Crippen LogP contribution < -0.4 is 4.90 Å². The van der Waals surface area contributed by atoms with E-state index in [1.807, 2.05) is 19.9 Å². The van der Waals surface area contributed by atoms with Gasteiger partial charge in [0.05, 0.1) is 5.56 Å². The topological polar surface area (TPSA) is 40.5 Å². The van der Waals surface area contributed by atoms with Crippen molar-refractivity contribution in [2.24, 2.45) is 0 Å². The number of halogens is 1. The van der Waals surface area contributed by atoms with Crippen LogP contribution in [0.2, 0.25) is 0 Å². The lowest BCUT2D eigenvalue weighted by atomic mass is 10.1. The largest absolute Gasteiger partial charge is 0.478 e. The molecule has 0 heterocycles. The molecule has 1 aromatic rings. The molecule has 0 aromatic heterocycles. The van der Waals surface area contributed by atoms with Crippen molar-refractivity contribution in [2.75, 3.05) is 18.0 Å². The number of hydrogen-bond acceptors (Lipinski definition) is 2. The molecule has 0 saturated carbocycles. The number of carbonyl (C=O) groups is 1. The summed E-state index contributed by atoms with van der Waals surface area (Å²) >= 11 is 3.33. The number of carboxylic acid groups (broad SMARTS) is 1. The second-order valence-electron chi connectivity index (χ2n) is 3.97. The number of rotatable bonds is 5. The van der Waals surface area contributed by atoms with E-state index >= 15 is 0 Å². The highest BCUT2D eigenvalue weighted by atomic mass is 79.9. The third-order valence-electron chi connectivity index (χ3n) is 2.34. The van der Waals surface area contributed by atoms with Crippen molar-refractivity contribution in [1.29, 1.82) is 0 Å². The van der Waals surface area contributed by atoms with Gasteiger partial charge in [0, 0.05) is 23.2 Å². The quantitative estimate of drug-likeness (QED) is 0.845. The summed E-state index contributed by atoms with van der Waals surface area (Å²) < 4.78 is 0.771. The smallest absolute Gasteiger partial charge is 0.335 e. The van der Waals surface area contributed by atoms with E-state index in [1.165, 1.54) is 0 Å². The Hall–Kier alpha value is -1.29. The van der Waals surface area contributed by atoms with Crippen LogP contribution in [0.25, 0.3) is 0 Å². The third-order valence-corrected chi connectivity index (χ3v) is 2.79. The standard InChI is InChI=1S/C13H16BrNO2/c1-4-15(8-9(2)3)12-6-10(13(16)17)5-11(14)7-12/h5-7H,2,4,8H2,1,3H3,(H,16,17). The highest BCUT2D eigenvalue weighted by Crippen LogP contribution is 2.23. The van der Waals surface area contributed by atoms with E-state index in [2.05, 4.69) is 27.4 Å². The number of anilines is 1. The summed E-state index contributed by atoms with van der Waals surface area (Å²) in [7, 11) is 0. The molecule has 4 heteroatoms. The lowest BCUT2D eigenvalue weighted by molar-refractivity contribution is 0.0697. The summed E-state index contributed by atoms with van der Waals surface area (Å²) in [6.07, 6.45) is 0. The van der Waals surface area contributed by atoms with Crippen LogP contribution in [-0.2, 0) is 0 Å². The molecule has 0 saturated heterocycles. The molecule has 1 N–H and O–H groups in total. The fourth-order valence-corrected chi connectivity index (χ4v) is 2.07. The first kappa shape index (κ1) is 13.8. The van der Waals surface area contributed by atoms with Gasteiger partial charge < -0.3 is 10.0 Å². The fraction of sp³-hybridized carbons (Fsp3) is 0.308. The minimum Gasteiger partial charge on any atom is -0.478 e. The van der Waals surface area contributed by atoms with Crippen LogP contribution in [0.5, 0.6) is 0 Å². The molecule has 0 bridgehead atoms. The van der Waals surface area contributed by atoms with Gasteiger partial charge in [-0.05, 0) is 32.0 Å². The molecule has 0 aliphatic rings. The van der Waals surface area contributed by atoms with E-state index in [4.69, 9.17) is 5.11 Å². The van der Waals surface area contributed by atoms with Crippen molar-refractivity contribution in [3.63, 3.8) is 0 Å². The van der Waals surface area contributed by atoms with Gasteiger partial charge in [-0.3, -0.25) is 0 Å². The van der Waals surface area contributed by atoms with E-state index in [9.17, 15) is 4.79 Å². The number of hydrogen-bond donors (Lipinski definition) is 1. The van der Waals surface area contributed by atoms with Gasteiger partial charge in [-0.25, -0.2) is 4.79 Å². The maximum Gasteiger partial charge on any atom is 0.335 e. The average Bonchev–Trinajstić information content (AvgIpc) is 2.24. The number of likely N-dealkylation sites (N-methyl/N-ethyl adjacent to an activating group) is 1. The van der Waals surface area contributed by atoms with E-state index in [0.29, 0.717) is 0 Å². The predicted octanol–water partition coefficient (Wildman–Crippen LogP) is 3.55. The molecule has 0 atom stereocenters.